The zero-order valence-corrected chi connectivity index (χ0v) is 5.55. The predicted octanol–water partition coefficient (Wildman–Crippen LogP) is 0.111. The highest BCUT2D eigenvalue weighted by Crippen LogP contribution is 2.16. The summed E-state index contributed by atoms with van der Waals surface area (Å²) in [5.41, 5.74) is 0. The van der Waals surface area contributed by atoms with Gasteiger partial charge in [0.1, 0.15) is 6.09 Å². The summed E-state index contributed by atoms with van der Waals surface area (Å²) < 4.78 is 12.6. The van der Waals surface area contributed by atoms with E-state index in [1.54, 1.807) is 0 Å². The number of nitrogens with zero attached hydrogens (tertiary/aromatic N) is 1. The summed E-state index contributed by atoms with van der Waals surface area (Å²) in [6.45, 7) is 0.281. The molecular weight excluding hydrogens is 137 g/mol. The van der Waals surface area contributed by atoms with Crippen molar-refractivity contribution >= 4 is 6.09 Å². The van der Waals surface area contributed by atoms with Gasteiger partial charge in [-0.25, -0.2) is 4.39 Å². The van der Waals surface area contributed by atoms with E-state index < -0.39 is 12.4 Å². The maximum absolute atomic E-state index is 12.6. The zero-order valence-electron chi connectivity index (χ0n) is 5.55. The van der Waals surface area contributed by atoms with Crippen LogP contribution in [0.2, 0.25) is 0 Å². The van der Waals surface area contributed by atoms with Crippen LogP contribution in [-0.4, -0.2) is 23.8 Å². The second kappa shape index (κ2) is 2.86. The number of halogens is 1. The molecule has 0 bridgehead atoms. The van der Waals surface area contributed by atoms with Crippen LogP contribution in [0.1, 0.15) is 19.3 Å². The maximum atomic E-state index is 12.6. The van der Waals surface area contributed by atoms with Gasteiger partial charge in [-0.15, -0.1) is 0 Å². The molecule has 0 aromatic heterocycles. The van der Waals surface area contributed by atoms with Crippen LogP contribution in [0, 0.1) is 0 Å². The topological polar surface area (TPSA) is 43.4 Å². The number of amides is 1. The first-order valence-corrected chi connectivity index (χ1v) is 3.33. The summed E-state index contributed by atoms with van der Waals surface area (Å²) in [7, 11) is 0. The second-order valence-electron chi connectivity index (χ2n) is 2.39. The van der Waals surface area contributed by atoms with Crippen molar-refractivity contribution in [3.8, 4) is 0 Å². The van der Waals surface area contributed by atoms with Gasteiger partial charge >= 0.3 is 0 Å². The van der Waals surface area contributed by atoms with E-state index >= 15 is 0 Å². The number of piperidine rings is 1. The number of alkyl halides is 1. The lowest BCUT2D eigenvalue weighted by Crippen LogP contribution is -2.48. The largest absolute Gasteiger partial charge is 0.530 e. The Labute approximate surface area is 58.4 Å². The van der Waals surface area contributed by atoms with E-state index in [-0.39, 0.29) is 6.54 Å². The van der Waals surface area contributed by atoms with E-state index in [9.17, 15) is 14.3 Å². The van der Waals surface area contributed by atoms with Crippen molar-refractivity contribution < 1.29 is 14.3 Å². The highest BCUT2D eigenvalue weighted by atomic mass is 19.1. The van der Waals surface area contributed by atoms with E-state index in [4.69, 9.17) is 0 Å². The highest BCUT2D eigenvalue weighted by molar-refractivity contribution is 5.62. The van der Waals surface area contributed by atoms with Gasteiger partial charge in [-0.2, -0.15) is 0 Å². The average molecular weight is 146 g/mol. The zero-order chi connectivity index (χ0) is 7.56. The fourth-order valence-electron chi connectivity index (χ4n) is 1.10. The molecule has 1 heterocycles. The SMILES string of the molecule is O=C([O-])N1CCCCC1F. The van der Waals surface area contributed by atoms with Crippen molar-refractivity contribution in [2.24, 2.45) is 0 Å². The van der Waals surface area contributed by atoms with Crippen LogP contribution in [0.3, 0.4) is 0 Å². The Morgan fingerprint density at radius 1 is 1.60 bits per heavy atom. The van der Waals surface area contributed by atoms with Crippen molar-refractivity contribution in [3.63, 3.8) is 0 Å². The third-order valence-corrected chi connectivity index (χ3v) is 1.66. The molecule has 58 valence electrons. The Morgan fingerprint density at radius 2 is 2.30 bits per heavy atom. The number of hydrogen-bond donors (Lipinski definition) is 0. The van der Waals surface area contributed by atoms with Gasteiger partial charge < -0.3 is 14.8 Å². The molecule has 1 rings (SSSR count). The maximum Gasteiger partial charge on any atom is 0.173 e. The molecule has 1 atom stereocenters. The molecule has 0 aliphatic carbocycles. The van der Waals surface area contributed by atoms with Crippen molar-refractivity contribution in [1.29, 1.82) is 0 Å². The Hall–Kier alpha value is -0.800. The first-order valence-electron chi connectivity index (χ1n) is 3.33. The van der Waals surface area contributed by atoms with Crippen molar-refractivity contribution in [1.82, 2.24) is 4.90 Å². The Balaban J connectivity index is 2.47. The van der Waals surface area contributed by atoms with Gasteiger partial charge in [-0.3, -0.25) is 0 Å². The minimum Gasteiger partial charge on any atom is -0.530 e. The smallest absolute Gasteiger partial charge is 0.173 e. The second-order valence-corrected chi connectivity index (χ2v) is 2.39. The molecule has 1 fully saturated rings. The van der Waals surface area contributed by atoms with Crippen LogP contribution < -0.4 is 5.11 Å². The number of carbonyl (C=O) groups excluding carboxylic acids is 1. The molecule has 1 unspecified atom stereocenters. The molecule has 3 nitrogen and oxygen atoms in total. The van der Waals surface area contributed by atoms with Crippen LogP contribution in [-0.2, 0) is 0 Å². The number of hydrogen-bond acceptors (Lipinski definition) is 2. The quantitative estimate of drug-likeness (QED) is 0.455. The highest BCUT2D eigenvalue weighted by Gasteiger charge is 2.20. The fraction of sp³-hybridized carbons (Fsp3) is 0.833. The van der Waals surface area contributed by atoms with Gasteiger partial charge in [0.15, 0.2) is 6.30 Å². The van der Waals surface area contributed by atoms with E-state index in [0.29, 0.717) is 6.42 Å². The monoisotopic (exact) mass is 146 g/mol. The van der Waals surface area contributed by atoms with Crippen LogP contribution in [0.15, 0.2) is 0 Å². The molecular formula is C6H9FNO2-. The number of carbonyl (C=O) groups is 1. The normalized spacial score (nSPS) is 26.5. The standard InChI is InChI=1S/C6H10FNO2/c7-5-3-1-2-4-8(5)6(9)10/h5H,1-4H2,(H,9,10)/p-1. The molecule has 0 N–H and O–H groups in total. The van der Waals surface area contributed by atoms with E-state index in [0.717, 1.165) is 17.7 Å². The lowest BCUT2D eigenvalue weighted by atomic mass is 10.1. The van der Waals surface area contributed by atoms with E-state index in [2.05, 4.69) is 0 Å². The first kappa shape index (κ1) is 7.31. The summed E-state index contributed by atoms with van der Waals surface area (Å²) in [6.07, 6.45) is -0.904. The molecule has 0 saturated carbocycles. The first-order chi connectivity index (χ1) is 4.72. The molecule has 0 radical (unpaired) electrons. The summed E-state index contributed by atoms with van der Waals surface area (Å²) in [5, 5.41) is 10.1. The molecule has 0 spiro atoms. The minimum absolute atomic E-state index is 0.281. The third kappa shape index (κ3) is 1.37. The van der Waals surface area contributed by atoms with Crippen LogP contribution in [0.4, 0.5) is 9.18 Å². The minimum atomic E-state index is -1.40. The molecule has 1 aliphatic rings. The van der Waals surface area contributed by atoms with Crippen LogP contribution in [0.5, 0.6) is 0 Å². The molecule has 0 aromatic rings. The van der Waals surface area contributed by atoms with Gasteiger partial charge in [0.05, 0.1) is 0 Å². The molecule has 10 heavy (non-hydrogen) atoms. The molecule has 1 aliphatic heterocycles. The Bertz CT molecular complexity index is 140. The van der Waals surface area contributed by atoms with Gasteiger partial charge in [0.2, 0.25) is 0 Å². The van der Waals surface area contributed by atoms with Gasteiger partial charge in [-0.05, 0) is 19.3 Å². The summed E-state index contributed by atoms with van der Waals surface area (Å²) >= 11 is 0. The molecule has 1 saturated heterocycles. The lowest BCUT2D eigenvalue weighted by Gasteiger charge is -2.32. The van der Waals surface area contributed by atoms with Gasteiger partial charge in [0, 0.05) is 6.54 Å². The molecule has 4 heteroatoms. The number of rotatable bonds is 0. The molecule has 0 aromatic carbocycles. The summed E-state index contributed by atoms with van der Waals surface area (Å²) in [4.78, 5) is 10.9. The molecule has 1 amide bonds. The Morgan fingerprint density at radius 3 is 2.70 bits per heavy atom. The number of carboxylic acid groups (broad SMARTS) is 1. The van der Waals surface area contributed by atoms with Crippen LogP contribution in [0.25, 0.3) is 0 Å². The van der Waals surface area contributed by atoms with E-state index in [1.165, 1.54) is 0 Å². The summed E-state index contributed by atoms with van der Waals surface area (Å²) in [5.74, 6) is 0. The predicted molar refractivity (Wildman–Crippen MR) is 30.8 cm³/mol. The average Bonchev–Trinajstić information content (AvgIpc) is 1.88. The van der Waals surface area contributed by atoms with Gasteiger partial charge in [-0.1, -0.05) is 0 Å². The lowest BCUT2D eigenvalue weighted by molar-refractivity contribution is -0.272. The van der Waals surface area contributed by atoms with Crippen molar-refractivity contribution in [2.45, 2.75) is 25.6 Å². The fourth-order valence-corrected chi connectivity index (χ4v) is 1.10. The van der Waals surface area contributed by atoms with E-state index in [1.807, 2.05) is 0 Å². The summed E-state index contributed by atoms with van der Waals surface area (Å²) in [6, 6.07) is 0. The van der Waals surface area contributed by atoms with Crippen LogP contribution >= 0.6 is 0 Å². The Kier molecular flexibility index (Phi) is 2.09. The van der Waals surface area contributed by atoms with Crippen molar-refractivity contribution in [3.05, 3.63) is 0 Å². The van der Waals surface area contributed by atoms with Crippen molar-refractivity contribution in [2.75, 3.05) is 6.54 Å². The van der Waals surface area contributed by atoms with Gasteiger partial charge in [0.25, 0.3) is 0 Å². The third-order valence-electron chi connectivity index (χ3n) is 1.66. The number of likely N-dealkylation sites (tertiary alicyclic amines) is 1.